The van der Waals surface area contributed by atoms with Crippen molar-refractivity contribution < 1.29 is 12.8 Å². The summed E-state index contributed by atoms with van der Waals surface area (Å²) in [6, 6.07) is 20.4. The Labute approximate surface area is 188 Å². The second kappa shape index (κ2) is 7.95. The van der Waals surface area contributed by atoms with E-state index in [1.807, 2.05) is 24.3 Å². The fourth-order valence-corrected chi connectivity index (χ4v) is 5.49. The fraction of sp³-hybridized carbons (Fsp3) is 0.240. The minimum Gasteiger partial charge on any atom is -0.378 e. The molecule has 1 N–H and O–H groups in total. The maximum atomic E-state index is 14.2. The third kappa shape index (κ3) is 3.82. The second-order valence-electron chi connectivity index (χ2n) is 8.66. The van der Waals surface area contributed by atoms with E-state index in [0.717, 1.165) is 33.6 Å². The van der Waals surface area contributed by atoms with Crippen molar-refractivity contribution in [2.75, 3.05) is 16.7 Å². The predicted molar refractivity (Wildman–Crippen MR) is 124 cm³/mol. The monoisotopic (exact) mass is 449 g/mol. The van der Waals surface area contributed by atoms with Crippen molar-refractivity contribution in [3.63, 3.8) is 0 Å². The molecule has 32 heavy (non-hydrogen) atoms. The zero-order chi connectivity index (χ0) is 23.1. The zero-order valence-electron chi connectivity index (χ0n) is 18.1. The molecule has 7 heteroatoms. The number of fused-ring (bicyclic) bond motifs is 1. The summed E-state index contributed by atoms with van der Waals surface area (Å²) in [5.74, 6) is -0.778. The van der Waals surface area contributed by atoms with Crippen LogP contribution < -0.4 is 9.62 Å². The van der Waals surface area contributed by atoms with E-state index in [0.29, 0.717) is 11.3 Å². The van der Waals surface area contributed by atoms with E-state index in [1.54, 1.807) is 18.2 Å². The molecule has 0 aromatic heterocycles. The van der Waals surface area contributed by atoms with Crippen LogP contribution in [0.5, 0.6) is 0 Å². The highest BCUT2D eigenvalue weighted by atomic mass is 32.2. The van der Waals surface area contributed by atoms with Gasteiger partial charge in [0.2, 0.25) is 0 Å². The summed E-state index contributed by atoms with van der Waals surface area (Å²) in [4.78, 5) is -0.355. The largest absolute Gasteiger partial charge is 0.378 e. The Bertz CT molecular complexity index is 1330. The average Bonchev–Trinajstić information content (AvgIpc) is 2.78. The lowest BCUT2D eigenvalue weighted by atomic mass is 9.73. The Hall–Kier alpha value is -3.37. The van der Waals surface area contributed by atoms with Crippen LogP contribution in [0.3, 0.4) is 0 Å². The number of nitriles is 1. The van der Waals surface area contributed by atoms with Crippen LogP contribution in [0.1, 0.15) is 43.0 Å². The molecule has 0 radical (unpaired) electrons. The van der Waals surface area contributed by atoms with Gasteiger partial charge in [0.05, 0.1) is 23.4 Å². The quantitative estimate of drug-likeness (QED) is 0.582. The van der Waals surface area contributed by atoms with Gasteiger partial charge in [-0.2, -0.15) is 5.26 Å². The van der Waals surface area contributed by atoms with E-state index in [2.05, 4.69) is 25.2 Å². The van der Waals surface area contributed by atoms with Gasteiger partial charge in [-0.05, 0) is 65.4 Å². The van der Waals surface area contributed by atoms with Gasteiger partial charge in [-0.15, -0.1) is 0 Å². The predicted octanol–water partition coefficient (Wildman–Crippen LogP) is 5.36. The van der Waals surface area contributed by atoms with E-state index in [9.17, 15) is 18.1 Å². The van der Waals surface area contributed by atoms with Gasteiger partial charge in [-0.25, -0.2) is 12.8 Å². The third-order valence-electron chi connectivity index (χ3n) is 6.03. The molecule has 0 saturated carbocycles. The van der Waals surface area contributed by atoms with E-state index in [1.165, 1.54) is 25.2 Å². The van der Waals surface area contributed by atoms with Crippen LogP contribution in [0.25, 0.3) is 0 Å². The lowest BCUT2D eigenvalue weighted by Gasteiger charge is -2.39. The summed E-state index contributed by atoms with van der Waals surface area (Å²) in [7, 11) is -2.61. The van der Waals surface area contributed by atoms with Gasteiger partial charge in [0.25, 0.3) is 10.0 Å². The third-order valence-corrected chi connectivity index (χ3v) is 7.85. The summed E-state index contributed by atoms with van der Waals surface area (Å²) in [5, 5.41) is 12.8. The first-order valence-corrected chi connectivity index (χ1v) is 11.7. The van der Waals surface area contributed by atoms with Crippen LogP contribution in [-0.2, 0) is 15.4 Å². The second-order valence-corrected chi connectivity index (χ2v) is 10.6. The van der Waals surface area contributed by atoms with E-state index < -0.39 is 15.8 Å². The highest BCUT2D eigenvalue weighted by molar-refractivity contribution is 7.92. The first-order chi connectivity index (χ1) is 15.1. The smallest absolute Gasteiger partial charge is 0.266 e. The number of sulfonamides is 1. The highest BCUT2D eigenvalue weighted by Crippen LogP contribution is 2.44. The Kier molecular flexibility index (Phi) is 5.43. The number of hydrogen-bond donors (Lipinski definition) is 1. The Morgan fingerprint density at radius 3 is 2.56 bits per heavy atom. The summed E-state index contributed by atoms with van der Waals surface area (Å²) < 4.78 is 41.3. The van der Waals surface area contributed by atoms with Crippen LogP contribution >= 0.6 is 0 Å². The SMILES string of the molecule is CN(c1cccc(C2CC(C)(C)c3cc(C#N)ccc3N2)c1)S(=O)(=O)c1ccccc1F. The molecule has 0 fully saturated rings. The molecule has 1 atom stereocenters. The molecule has 5 nitrogen and oxygen atoms in total. The summed E-state index contributed by atoms with van der Waals surface area (Å²) in [6.07, 6.45) is 0.766. The molecule has 4 rings (SSSR count). The molecular weight excluding hydrogens is 425 g/mol. The Morgan fingerprint density at radius 2 is 1.84 bits per heavy atom. The maximum absolute atomic E-state index is 14.2. The minimum absolute atomic E-state index is 0.0463. The molecule has 0 saturated heterocycles. The van der Waals surface area contributed by atoms with Gasteiger partial charge in [-0.3, -0.25) is 4.31 Å². The van der Waals surface area contributed by atoms with Crippen molar-refractivity contribution >= 4 is 21.4 Å². The minimum atomic E-state index is -4.04. The van der Waals surface area contributed by atoms with E-state index >= 15 is 0 Å². The van der Waals surface area contributed by atoms with Gasteiger partial charge in [0, 0.05) is 12.7 Å². The normalized spacial score (nSPS) is 17.0. The van der Waals surface area contributed by atoms with Gasteiger partial charge < -0.3 is 5.32 Å². The summed E-state index contributed by atoms with van der Waals surface area (Å²) in [6.45, 7) is 4.28. The molecule has 0 aliphatic carbocycles. The molecule has 1 unspecified atom stereocenters. The van der Waals surface area contributed by atoms with Gasteiger partial charge in [0.1, 0.15) is 10.7 Å². The molecule has 0 amide bonds. The van der Waals surface area contributed by atoms with E-state index in [4.69, 9.17) is 0 Å². The van der Waals surface area contributed by atoms with Crippen LogP contribution in [0.4, 0.5) is 15.8 Å². The van der Waals surface area contributed by atoms with Gasteiger partial charge >= 0.3 is 0 Å². The molecule has 164 valence electrons. The molecule has 3 aromatic carbocycles. The summed E-state index contributed by atoms with van der Waals surface area (Å²) >= 11 is 0. The Balaban J connectivity index is 1.68. The highest BCUT2D eigenvalue weighted by Gasteiger charge is 2.34. The molecule has 0 bridgehead atoms. The topological polar surface area (TPSA) is 73.2 Å². The van der Waals surface area contributed by atoms with Crippen LogP contribution in [0.15, 0.2) is 71.6 Å². The molecule has 3 aromatic rings. The number of hydrogen-bond acceptors (Lipinski definition) is 4. The van der Waals surface area contributed by atoms with Crippen molar-refractivity contribution in [2.45, 2.75) is 36.6 Å². The maximum Gasteiger partial charge on any atom is 0.266 e. The van der Waals surface area contributed by atoms with Crippen molar-refractivity contribution in [2.24, 2.45) is 0 Å². The lowest BCUT2D eigenvalue weighted by Crippen LogP contribution is -2.31. The number of rotatable bonds is 4. The summed E-state index contributed by atoms with van der Waals surface area (Å²) in [5.41, 5.74) is 3.88. The van der Waals surface area contributed by atoms with Crippen molar-refractivity contribution in [3.8, 4) is 6.07 Å². The van der Waals surface area contributed by atoms with Crippen molar-refractivity contribution in [3.05, 3.63) is 89.2 Å². The van der Waals surface area contributed by atoms with Crippen molar-refractivity contribution in [1.29, 1.82) is 5.26 Å². The van der Waals surface area contributed by atoms with E-state index in [-0.39, 0.29) is 16.4 Å². The standard InChI is InChI=1S/C25H24FN3O2S/c1-25(2)15-23(28-22-12-11-17(16-27)13-20(22)25)18-7-6-8-19(14-18)29(3)32(30,31)24-10-5-4-9-21(24)26/h4-14,23,28H,15H2,1-3H3. The number of nitrogens with one attached hydrogen (secondary N) is 1. The molecule has 0 spiro atoms. The van der Waals surface area contributed by atoms with Crippen LogP contribution in [-0.4, -0.2) is 15.5 Å². The van der Waals surface area contributed by atoms with Crippen LogP contribution in [0, 0.1) is 17.1 Å². The number of benzene rings is 3. The molecule has 1 aliphatic rings. The first-order valence-electron chi connectivity index (χ1n) is 10.3. The van der Waals surface area contributed by atoms with Gasteiger partial charge in [-0.1, -0.05) is 38.1 Å². The van der Waals surface area contributed by atoms with Gasteiger partial charge in [0.15, 0.2) is 0 Å². The molecular formula is C25H24FN3O2S. The number of anilines is 2. The average molecular weight is 450 g/mol. The number of nitrogens with zero attached hydrogens (tertiary/aromatic N) is 2. The number of halogens is 1. The zero-order valence-corrected chi connectivity index (χ0v) is 18.9. The van der Waals surface area contributed by atoms with Crippen molar-refractivity contribution in [1.82, 2.24) is 0 Å². The lowest BCUT2D eigenvalue weighted by molar-refractivity contribution is 0.427. The molecule has 1 aliphatic heterocycles. The Morgan fingerprint density at radius 1 is 1.09 bits per heavy atom. The first kappa shape index (κ1) is 21.8. The van der Waals surface area contributed by atoms with Crippen LogP contribution in [0.2, 0.25) is 0 Å². The fourth-order valence-electron chi connectivity index (χ4n) is 4.24. The molecule has 1 heterocycles.